The number of carbonyl (C=O) groups excluding carboxylic acids is 2. The summed E-state index contributed by atoms with van der Waals surface area (Å²) in [6.45, 7) is 4.16. The van der Waals surface area contributed by atoms with Gasteiger partial charge in [-0.2, -0.15) is 0 Å². The molecule has 3 aliphatic heterocycles. The highest BCUT2D eigenvalue weighted by molar-refractivity contribution is 5.91. The maximum atomic E-state index is 12.8. The molecule has 7 heteroatoms. The van der Waals surface area contributed by atoms with E-state index in [4.69, 9.17) is 0 Å². The molecule has 7 nitrogen and oxygen atoms in total. The molecule has 1 amide bonds. The smallest absolute Gasteiger partial charge is 0.224 e. The Morgan fingerprint density at radius 2 is 2.04 bits per heavy atom. The van der Waals surface area contributed by atoms with Crippen molar-refractivity contribution in [1.29, 1.82) is 0 Å². The Balaban J connectivity index is 1.34. The zero-order valence-corrected chi connectivity index (χ0v) is 15.6. The number of carbonyl (C=O) groups is 2. The van der Waals surface area contributed by atoms with Crippen molar-refractivity contribution < 1.29 is 9.59 Å². The molecule has 1 aromatic heterocycles. The van der Waals surface area contributed by atoms with Gasteiger partial charge in [0.2, 0.25) is 5.91 Å². The van der Waals surface area contributed by atoms with E-state index in [2.05, 4.69) is 20.5 Å². The average molecular weight is 359 g/mol. The monoisotopic (exact) mass is 359 g/mol. The number of hydrogen-bond donors (Lipinski definition) is 1. The van der Waals surface area contributed by atoms with Crippen LogP contribution < -0.4 is 5.32 Å². The van der Waals surface area contributed by atoms with Gasteiger partial charge in [0.05, 0.1) is 18.7 Å². The summed E-state index contributed by atoms with van der Waals surface area (Å²) in [6, 6.07) is 0.775. The van der Waals surface area contributed by atoms with Crippen molar-refractivity contribution in [3.05, 3.63) is 11.9 Å². The van der Waals surface area contributed by atoms with Crippen LogP contribution in [-0.4, -0.2) is 56.8 Å². The first-order chi connectivity index (χ1) is 12.6. The highest BCUT2D eigenvalue weighted by atomic mass is 16.2. The zero-order valence-electron chi connectivity index (χ0n) is 15.6. The minimum atomic E-state index is -0.0545. The largest absolute Gasteiger partial charge is 0.353 e. The fourth-order valence-corrected chi connectivity index (χ4v) is 4.95. The molecule has 0 aromatic carbocycles. The molecule has 3 saturated heterocycles. The van der Waals surface area contributed by atoms with Crippen LogP contribution in [0.1, 0.15) is 62.4 Å². The Bertz CT molecular complexity index is 667. The van der Waals surface area contributed by atoms with Crippen LogP contribution in [0.3, 0.4) is 0 Å². The maximum Gasteiger partial charge on any atom is 0.224 e. The van der Waals surface area contributed by atoms with Crippen molar-refractivity contribution >= 4 is 11.7 Å². The summed E-state index contributed by atoms with van der Waals surface area (Å²) in [5, 5.41) is 11.3. The number of ketones is 1. The summed E-state index contributed by atoms with van der Waals surface area (Å²) in [4.78, 5) is 26.6. The Kier molecular flexibility index (Phi) is 5.07. The second kappa shape index (κ2) is 7.47. The molecule has 142 valence electrons. The fraction of sp³-hybridized carbons (Fsp3) is 0.789. The van der Waals surface area contributed by atoms with E-state index < -0.39 is 0 Å². The van der Waals surface area contributed by atoms with Gasteiger partial charge in [-0.05, 0) is 38.1 Å². The summed E-state index contributed by atoms with van der Waals surface area (Å²) in [6.07, 6.45) is 9.94. The van der Waals surface area contributed by atoms with Crippen molar-refractivity contribution in [2.24, 2.45) is 11.8 Å². The van der Waals surface area contributed by atoms with Crippen LogP contribution in [-0.2, 0) is 11.3 Å². The van der Waals surface area contributed by atoms with Crippen molar-refractivity contribution in [3.63, 3.8) is 0 Å². The number of nitrogens with one attached hydrogen (secondary N) is 1. The van der Waals surface area contributed by atoms with E-state index in [9.17, 15) is 9.59 Å². The Morgan fingerprint density at radius 1 is 1.23 bits per heavy atom. The second-order valence-electron chi connectivity index (χ2n) is 8.27. The lowest BCUT2D eigenvalue weighted by Crippen LogP contribution is -2.58. The molecule has 5 rings (SSSR count). The second-order valence-corrected chi connectivity index (χ2v) is 8.27. The highest BCUT2D eigenvalue weighted by Gasteiger charge is 2.43. The SMILES string of the molecule is CC(=O)c1cn(CC2CC3CCN2CC3C(=O)NC2CCCCC2)nn1. The highest BCUT2D eigenvalue weighted by Crippen LogP contribution is 2.37. The number of fused-ring (bicyclic) bond motifs is 3. The predicted octanol–water partition coefficient (Wildman–Crippen LogP) is 1.64. The third-order valence-electron chi connectivity index (χ3n) is 6.46. The van der Waals surface area contributed by atoms with Gasteiger partial charge in [-0.3, -0.25) is 19.2 Å². The van der Waals surface area contributed by atoms with Crippen LogP contribution in [0.15, 0.2) is 6.20 Å². The summed E-state index contributed by atoms with van der Waals surface area (Å²) in [7, 11) is 0. The van der Waals surface area contributed by atoms with E-state index in [0.717, 1.165) is 45.3 Å². The van der Waals surface area contributed by atoms with E-state index in [0.29, 0.717) is 23.7 Å². The maximum absolute atomic E-state index is 12.8. The van der Waals surface area contributed by atoms with Crippen LogP contribution in [0.25, 0.3) is 0 Å². The van der Waals surface area contributed by atoms with Crippen LogP contribution in [0.2, 0.25) is 0 Å². The number of aromatic nitrogens is 3. The van der Waals surface area contributed by atoms with Crippen LogP contribution in [0.5, 0.6) is 0 Å². The lowest BCUT2D eigenvalue weighted by molar-refractivity contribution is -0.134. The molecule has 1 aliphatic carbocycles. The minimum Gasteiger partial charge on any atom is -0.353 e. The van der Waals surface area contributed by atoms with Gasteiger partial charge in [0.15, 0.2) is 5.78 Å². The quantitative estimate of drug-likeness (QED) is 0.809. The molecular weight excluding hydrogens is 330 g/mol. The van der Waals surface area contributed by atoms with Gasteiger partial charge in [-0.25, -0.2) is 0 Å². The van der Waals surface area contributed by atoms with Gasteiger partial charge in [0, 0.05) is 25.6 Å². The summed E-state index contributed by atoms with van der Waals surface area (Å²) < 4.78 is 1.78. The van der Waals surface area contributed by atoms with Gasteiger partial charge in [0.1, 0.15) is 5.69 Å². The Morgan fingerprint density at radius 3 is 2.69 bits per heavy atom. The van der Waals surface area contributed by atoms with Crippen molar-refractivity contribution in [2.75, 3.05) is 13.1 Å². The molecule has 4 fully saturated rings. The summed E-state index contributed by atoms with van der Waals surface area (Å²) in [5.41, 5.74) is 0.422. The molecular formula is C19H29N5O2. The minimum absolute atomic E-state index is 0.0545. The molecule has 1 aromatic rings. The third-order valence-corrected chi connectivity index (χ3v) is 6.46. The molecule has 0 spiro atoms. The van der Waals surface area contributed by atoms with Gasteiger partial charge < -0.3 is 5.32 Å². The predicted molar refractivity (Wildman–Crippen MR) is 96.6 cm³/mol. The van der Waals surface area contributed by atoms with E-state index in [1.165, 1.54) is 26.2 Å². The molecule has 1 saturated carbocycles. The molecule has 4 heterocycles. The normalized spacial score (nSPS) is 31.7. The third kappa shape index (κ3) is 3.68. The average Bonchev–Trinajstić information content (AvgIpc) is 3.12. The number of amides is 1. The first-order valence-electron chi connectivity index (χ1n) is 10.1. The number of rotatable bonds is 5. The number of piperidine rings is 3. The first kappa shape index (κ1) is 17.6. The lowest BCUT2D eigenvalue weighted by Gasteiger charge is -2.49. The number of Topliss-reactive ketones (excluding diaryl/α,β-unsaturated/α-hetero) is 1. The van der Waals surface area contributed by atoms with Crippen LogP contribution >= 0.6 is 0 Å². The van der Waals surface area contributed by atoms with E-state index in [-0.39, 0.29) is 17.6 Å². The zero-order chi connectivity index (χ0) is 18.1. The number of nitrogens with zero attached hydrogens (tertiary/aromatic N) is 4. The molecule has 26 heavy (non-hydrogen) atoms. The van der Waals surface area contributed by atoms with E-state index >= 15 is 0 Å². The topological polar surface area (TPSA) is 80.1 Å². The van der Waals surface area contributed by atoms with Crippen LogP contribution in [0, 0.1) is 11.8 Å². The molecule has 0 radical (unpaired) electrons. The molecule has 2 bridgehead atoms. The molecule has 1 N–H and O–H groups in total. The van der Waals surface area contributed by atoms with Crippen LogP contribution in [0.4, 0.5) is 0 Å². The molecule has 4 unspecified atom stereocenters. The summed E-state index contributed by atoms with van der Waals surface area (Å²) in [5.74, 6) is 0.806. The van der Waals surface area contributed by atoms with Gasteiger partial charge in [0.25, 0.3) is 0 Å². The van der Waals surface area contributed by atoms with Crippen molar-refractivity contribution in [1.82, 2.24) is 25.2 Å². The fourth-order valence-electron chi connectivity index (χ4n) is 4.95. The van der Waals surface area contributed by atoms with E-state index in [1.54, 1.807) is 10.9 Å². The summed E-state index contributed by atoms with van der Waals surface area (Å²) >= 11 is 0. The van der Waals surface area contributed by atoms with Crippen molar-refractivity contribution in [2.45, 2.75) is 70.5 Å². The Labute approximate surface area is 154 Å². The number of hydrogen-bond acceptors (Lipinski definition) is 5. The molecule has 4 aliphatic rings. The van der Waals surface area contributed by atoms with Crippen molar-refractivity contribution in [3.8, 4) is 0 Å². The van der Waals surface area contributed by atoms with Gasteiger partial charge in [-0.1, -0.05) is 24.5 Å². The first-order valence-corrected chi connectivity index (χ1v) is 10.1. The van der Waals surface area contributed by atoms with E-state index in [1.807, 2.05) is 0 Å². The lowest BCUT2D eigenvalue weighted by atomic mass is 9.75. The van der Waals surface area contributed by atoms with Gasteiger partial charge >= 0.3 is 0 Å². The van der Waals surface area contributed by atoms with Gasteiger partial charge in [-0.15, -0.1) is 5.10 Å². The molecule has 4 atom stereocenters. The Hall–Kier alpha value is -1.76. The standard InChI is InChI=1S/C19H29N5O2/c1-13(25)18-12-24(22-21-18)10-16-9-14-7-8-23(16)11-17(14)19(26)20-15-5-3-2-4-6-15/h12,14-17H,2-11H2,1H3,(H,20,26).